The molecule has 1 aliphatic rings. The standard InChI is InChI=1S/C45H83O13P/c1-3-5-7-9-11-13-15-17-19-21-23-25-27-29-31-33-38(46)55-35-37(36-56-59(53,54)58-45-43(51)41(49)40(48)42(50)44(45)52)57-39(47)34-32-30-28-26-24-22-20-18-16-14-12-10-8-6-4-2/h17-20,37,40-45,48-52H,3-16,21-36H2,1-2H3,(H,53,54)/b19-17-,20-18-/t37-,40?,41-,42?,43?,44?,45?/m1/s1. The maximum Gasteiger partial charge on any atom is 0.472 e. The van der Waals surface area contributed by atoms with Crippen LogP contribution in [-0.2, 0) is 32.7 Å². The number of phosphoric ester groups is 1. The molecule has 0 heterocycles. The van der Waals surface area contributed by atoms with Gasteiger partial charge >= 0.3 is 19.8 Å². The van der Waals surface area contributed by atoms with Crippen LogP contribution in [0.4, 0.5) is 0 Å². The highest BCUT2D eigenvalue weighted by molar-refractivity contribution is 7.47. The number of carbonyl (C=O) groups excluding carboxylic acids is 2. The van der Waals surface area contributed by atoms with Crippen LogP contribution < -0.4 is 0 Å². The number of esters is 2. The van der Waals surface area contributed by atoms with E-state index in [1.165, 1.54) is 77.0 Å². The maximum atomic E-state index is 12.8. The predicted octanol–water partition coefficient (Wildman–Crippen LogP) is 8.84. The Morgan fingerprint density at radius 1 is 0.508 bits per heavy atom. The fourth-order valence-corrected chi connectivity index (χ4v) is 7.95. The van der Waals surface area contributed by atoms with Gasteiger partial charge in [0.15, 0.2) is 6.10 Å². The number of hydrogen-bond donors (Lipinski definition) is 6. The number of aliphatic hydroxyl groups excluding tert-OH is 5. The molecule has 0 aromatic heterocycles. The van der Waals surface area contributed by atoms with Gasteiger partial charge in [0.05, 0.1) is 6.61 Å². The molecule has 0 radical (unpaired) electrons. The van der Waals surface area contributed by atoms with E-state index in [1.807, 2.05) is 0 Å². The van der Waals surface area contributed by atoms with Crippen LogP contribution in [0.25, 0.3) is 0 Å². The van der Waals surface area contributed by atoms with Crippen LogP contribution in [0.3, 0.4) is 0 Å². The van der Waals surface area contributed by atoms with Crippen molar-refractivity contribution in [1.82, 2.24) is 0 Å². The summed E-state index contributed by atoms with van der Waals surface area (Å²) in [5.74, 6) is -1.11. The third kappa shape index (κ3) is 28.5. The van der Waals surface area contributed by atoms with Gasteiger partial charge in [-0.3, -0.25) is 18.6 Å². The van der Waals surface area contributed by atoms with Gasteiger partial charge in [-0.1, -0.05) is 141 Å². The highest BCUT2D eigenvalue weighted by atomic mass is 31.2. The Kier molecular flexibility index (Phi) is 33.7. The lowest BCUT2D eigenvalue weighted by Gasteiger charge is -2.41. The molecule has 0 saturated heterocycles. The van der Waals surface area contributed by atoms with Crippen molar-refractivity contribution in [2.45, 2.75) is 236 Å². The first-order valence-corrected chi connectivity index (χ1v) is 24.6. The highest BCUT2D eigenvalue weighted by Crippen LogP contribution is 2.47. The molecule has 14 heteroatoms. The first-order valence-electron chi connectivity index (χ1n) is 23.1. The first kappa shape index (κ1) is 55.3. The second-order valence-corrected chi connectivity index (χ2v) is 17.7. The van der Waals surface area contributed by atoms with E-state index in [1.54, 1.807) is 0 Å². The molecule has 0 aromatic carbocycles. The van der Waals surface area contributed by atoms with Gasteiger partial charge in [0.1, 0.15) is 43.2 Å². The lowest BCUT2D eigenvalue weighted by molar-refractivity contribution is -0.220. The van der Waals surface area contributed by atoms with Crippen LogP contribution in [-0.4, -0.2) is 98.3 Å². The van der Waals surface area contributed by atoms with Crippen molar-refractivity contribution in [2.24, 2.45) is 0 Å². The number of ether oxygens (including phenoxy) is 2. The van der Waals surface area contributed by atoms with Crippen molar-refractivity contribution >= 4 is 19.8 Å². The zero-order chi connectivity index (χ0) is 43.6. The smallest absolute Gasteiger partial charge is 0.462 e. The van der Waals surface area contributed by atoms with Gasteiger partial charge < -0.3 is 39.9 Å². The predicted molar refractivity (Wildman–Crippen MR) is 230 cm³/mol. The molecule has 6 N–H and O–H groups in total. The summed E-state index contributed by atoms with van der Waals surface area (Å²) < 4.78 is 33.5. The van der Waals surface area contributed by atoms with Crippen LogP contribution in [0.15, 0.2) is 24.3 Å². The van der Waals surface area contributed by atoms with Gasteiger partial charge in [-0.2, -0.15) is 0 Å². The molecule has 1 aliphatic carbocycles. The lowest BCUT2D eigenvalue weighted by atomic mass is 9.85. The Morgan fingerprint density at radius 2 is 0.864 bits per heavy atom. The molecule has 1 saturated carbocycles. The third-order valence-electron chi connectivity index (χ3n) is 10.8. The summed E-state index contributed by atoms with van der Waals surface area (Å²) in [5.41, 5.74) is 0. The Hall–Kier alpha value is -1.67. The Morgan fingerprint density at radius 3 is 1.29 bits per heavy atom. The van der Waals surface area contributed by atoms with Crippen LogP contribution in [0.5, 0.6) is 0 Å². The van der Waals surface area contributed by atoms with Gasteiger partial charge in [0.25, 0.3) is 0 Å². The monoisotopic (exact) mass is 863 g/mol. The first-order chi connectivity index (χ1) is 28.4. The zero-order valence-corrected chi connectivity index (χ0v) is 37.4. The Labute approximate surface area is 356 Å². The van der Waals surface area contributed by atoms with E-state index in [2.05, 4.69) is 38.2 Å². The fourth-order valence-electron chi connectivity index (χ4n) is 6.98. The van der Waals surface area contributed by atoms with Gasteiger partial charge in [-0.05, 0) is 64.2 Å². The van der Waals surface area contributed by atoms with Crippen LogP contribution >= 0.6 is 7.82 Å². The van der Waals surface area contributed by atoms with E-state index in [-0.39, 0.29) is 12.8 Å². The maximum absolute atomic E-state index is 12.8. The Bertz CT molecular complexity index is 1130. The van der Waals surface area contributed by atoms with Crippen LogP contribution in [0.2, 0.25) is 0 Å². The number of aliphatic hydroxyl groups is 5. The van der Waals surface area contributed by atoms with Gasteiger partial charge in [0.2, 0.25) is 0 Å². The minimum atomic E-state index is -5.12. The van der Waals surface area contributed by atoms with E-state index in [4.69, 9.17) is 18.5 Å². The quantitative estimate of drug-likeness (QED) is 0.0149. The van der Waals surface area contributed by atoms with Crippen LogP contribution in [0.1, 0.15) is 194 Å². The molecule has 0 spiro atoms. The van der Waals surface area contributed by atoms with Crippen LogP contribution in [0, 0.1) is 0 Å². The molecule has 6 unspecified atom stereocenters. The molecule has 13 nitrogen and oxygen atoms in total. The molecule has 346 valence electrons. The van der Waals surface area contributed by atoms with Crippen molar-refractivity contribution in [3.63, 3.8) is 0 Å². The molecular weight excluding hydrogens is 779 g/mol. The average molecular weight is 863 g/mol. The van der Waals surface area contributed by atoms with Crippen molar-refractivity contribution in [2.75, 3.05) is 13.2 Å². The highest BCUT2D eigenvalue weighted by Gasteiger charge is 2.51. The second kappa shape index (κ2) is 35.9. The number of allylic oxidation sites excluding steroid dienone is 4. The summed E-state index contributed by atoms with van der Waals surface area (Å²) in [4.78, 5) is 35.7. The van der Waals surface area contributed by atoms with Gasteiger partial charge in [0, 0.05) is 12.8 Å². The van der Waals surface area contributed by atoms with E-state index >= 15 is 0 Å². The molecule has 1 fully saturated rings. The van der Waals surface area contributed by atoms with E-state index < -0.39 is 75.7 Å². The average Bonchev–Trinajstić information content (AvgIpc) is 3.21. The molecule has 0 amide bonds. The third-order valence-corrected chi connectivity index (χ3v) is 11.8. The fraction of sp³-hybridized carbons (Fsp3) is 0.867. The van der Waals surface area contributed by atoms with E-state index in [0.717, 1.165) is 77.0 Å². The summed E-state index contributed by atoms with van der Waals surface area (Å²) in [5, 5.41) is 50.1. The molecule has 0 bridgehead atoms. The number of unbranched alkanes of at least 4 members (excludes halogenated alkanes) is 22. The van der Waals surface area contributed by atoms with Crippen molar-refractivity contribution in [3.05, 3.63) is 24.3 Å². The number of rotatable bonds is 38. The van der Waals surface area contributed by atoms with Gasteiger partial charge in [-0.25, -0.2) is 4.57 Å². The molecule has 8 atom stereocenters. The van der Waals surface area contributed by atoms with Crippen molar-refractivity contribution in [3.8, 4) is 0 Å². The minimum absolute atomic E-state index is 0.0867. The number of hydrogen-bond acceptors (Lipinski definition) is 12. The largest absolute Gasteiger partial charge is 0.472 e. The lowest BCUT2D eigenvalue weighted by Crippen LogP contribution is -2.64. The summed E-state index contributed by atoms with van der Waals surface area (Å²) in [7, 11) is -5.12. The molecular formula is C45H83O13P. The van der Waals surface area contributed by atoms with Gasteiger partial charge in [-0.15, -0.1) is 0 Å². The van der Waals surface area contributed by atoms with Crippen molar-refractivity contribution in [1.29, 1.82) is 0 Å². The molecule has 0 aliphatic heterocycles. The van der Waals surface area contributed by atoms with Crippen molar-refractivity contribution < 1.29 is 63.1 Å². The van der Waals surface area contributed by atoms with E-state index in [9.17, 15) is 44.6 Å². The normalized spacial score (nSPS) is 22.5. The number of phosphoric acid groups is 1. The summed E-state index contributed by atoms with van der Waals surface area (Å²) in [6, 6.07) is 0. The summed E-state index contributed by atoms with van der Waals surface area (Å²) >= 11 is 0. The summed E-state index contributed by atoms with van der Waals surface area (Å²) in [6.07, 6.45) is 25.2. The summed E-state index contributed by atoms with van der Waals surface area (Å²) in [6.45, 7) is 3.28. The molecule has 1 rings (SSSR count). The topological polar surface area (TPSA) is 210 Å². The SMILES string of the molecule is CCCCCCCC/C=C\CCCCCCCC(=O)OC[C@H](COP(=O)(O)OC1C(O)C(O)C(O)[C@@H](O)C1O)OC(=O)CCCCCCC/C=C\CCCCCCCC. The zero-order valence-electron chi connectivity index (χ0n) is 36.6. The van der Waals surface area contributed by atoms with E-state index in [0.29, 0.717) is 12.8 Å². The molecule has 0 aromatic rings. The Balaban J connectivity index is 2.47. The number of carbonyl (C=O) groups is 2. The second-order valence-electron chi connectivity index (χ2n) is 16.3. The minimum Gasteiger partial charge on any atom is -0.462 e. The molecule has 59 heavy (non-hydrogen) atoms.